The summed E-state index contributed by atoms with van der Waals surface area (Å²) in [6.45, 7) is 3.76. The Morgan fingerprint density at radius 2 is 1.82 bits per heavy atom. The molecule has 3 rings (SSSR count). The molecule has 0 spiro atoms. The minimum atomic E-state index is 0.648. The molecule has 0 amide bonds. The molecule has 0 aliphatic carbocycles. The second kappa shape index (κ2) is 5.97. The van der Waals surface area contributed by atoms with Gasteiger partial charge in [-0.15, -0.1) is 14.8 Å². The SMILES string of the molecule is CCN(Cc1ccc(N(C)C)cc1)c1ccc2nnnn2n1. The zero-order valence-electron chi connectivity index (χ0n) is 13.0. The summed E-state index contributed by atoms with van der Waals surface area (Å²) >= 11 is 0. The minimum absolute atomic E-state index is 0.648. The van der Waals surface area contributed by atoms with Crippen molar-refractivity contribution in [3.63, 3.8) is 0 Å². The Bertz CT molecular complexity index is 748. The highest BCUT2D eigenvalue weighted by atomic mass is 15.6. The van der Waals surface area contributed by atoms with Crippen molar-refractivity contribution in [3.8, 4) is 0 Å². The van der Waals surface area contributed by atoms with Crippen LogP contribution in [0.15, 0.2) is 36.4 Å². The van der Waals surface area contributed by atoms with E-state index >= 15 is 0 Å². The fourth-order valence-electron chi connectivity index (χ4n) is 2.28. The highest BCUT2D eigenvalue weighted by molar-refractivity contribution is 5.48. The van der Waals surface area contributed by atoms with Crippen molar-refractivity contribution in [2.24, 2.45) is 0 Å². The first-order valence-corrected chi connectivity index (χ1v) is 7.24. The van der Waals surface area contributed by atoms with Gasteiger partial charge in [-0.2, -0.15) is 0 Å². The van der Waals surface area contributed by atoms with E-state index in [1.165, 1.54) is 15.9 Å². The predicted octanol–water partition coefficient (Wildman–Crippen LogP) is 1.61. The third kappa shape index (κ3) is 2.83. The second-order valence-electron chi connectivity index (χ2n) is 5.29. The molecular formula is C15H19N7. The van der Waals surface area contributed by atoms with Crippen molar-refractivity contribution >= 4 is 17.2 Å². The lowest BCUT2D eigenvalue weighted by Gasteiger charge is -2.22. The molecule has 114 valence electrons. The van der Waals surface area contributed by atoms with E-state index in [1.54, 1.807) is 0 Å². The first kappa shape index (κ1) is 14.2. The maximum absolute atomic E-state index is 4.45. The molecule has 0 N–H and O–H groups in total. The number of rotatable bonds is 5. The Hall–Kier alpha value is -2.70. The Kier molecular flexibility index (Phi) is 3.86. The van der Waals surface area contributed by atoms with Gasteiger partial charge in [0, 0.05) is 32.9 Å². The van der Waals surface area contributed by atoms with Gasteiger partial charge in [-0.3, -0.25) is 0 Å². The molecule has 22 heavy (non-hydrogen) atoms. The van der Waals surface area contributed by atoms with Crippen molar-refractivity contribution in [3.05, 3.63) is 42.0 Å². The van der Waals surface area contributed by atoms with Gasteiger partial charge >= 0.3 is 0 Å². The second-order valence-corrected chi connectivity index (χ2v) is 5.29. The van der Waals surface area contributed by atoms with E-state index in [1.807, 2.05) is 26.2 Å². The summed E-state index contributed by atoms with van der Waals surface area (Å²) in [7, 11) is 4.08. The average molecular weight is 297 g/mol. The summed E-state index contributed by atoms with van der Waals surface area (Å²) in [4.78, 5) is 4.28. The Labute approximate surface area is 129 Å². The van der Waals surface area contributed by atoms with Gasteiger partial charge in [-0.25, -0.2) is 0 Å². The molecule has 2 heterocycles. The van der Waals surface area contributed by atoms with E-state index in [0.29, 0.717) is 5.65 Å². The molecule has 0 fully saturated rings. The minimum Gasteiger partial charge on any atom is -0.378 e. The number of hydrogen-bond acceptors (Lipinski definition) is 6. The molecule has 3 aromatic rings. The number of benzene rings is 1. The van der Waals surface area contributed by atoms with Crippen LogP contribution in [0.4, 0.5) is 11.5 Å². The molecule has 7 nitrogen and oxygen atoms in total. The Morgan fingerprint density at radius 3 is 2.50 bits per heavy atom. The van der Waals surface area contributed by atoms with Crippen LogP contribution >= 0.6 is 0 Å². The molecule has 7 heteroatoms. The topological polar surface area (TPSA) is 62.5 Å². The summed E-state index contributed by atoms with van der Waals surface area (Å²) in [5, 5.41) is 15.8. The van der Waals surface area contributed by atoms with Crippen molar-refractivity contribution in [2.45, 2.75) is 13.5 Å². The quantitative estimate of drug-likeness (QED) is 0.713. The first-order valence-electron chi connectivity index (χ1n) is 7.24. The fourth-order valence-corrected chi connectivity index (χ4v) is 2.28. The summed E-state index contributed by atoms with van der Waals surface area (Å²) in [6, 6.07) is 12.4. The normalized spacial score (nSPS) is 10.9. The lowest BCUT2D eigenvalue weighted by atomic mass is 10.2. The van der Waals surface area contributed by atoms with E-state index < -0.39 is 0 Å². The third-order valence-electron chi connectivity index (χ3n) is 3.59. The number of tetrazole rings is 1. The predicted molar refractivity (Wildman–Crippen MR) is 86.1 cm³/mol. The summed E-state index contributed by atoms with van der Waals surface area (Å²) in [6.07, 6.45) is 0. The molecule has 1 aromatic carbocycles. The van der Waals surface area contributed by atoms with Gasteiger partial charge in [-0.05, 0) is 47.2 Å². The first-order chi connectivity index (χ1) is 10.7. The lowest BCUT2D eigenvalue weighted by Crippen LogP contribution is -2.24. The van der Waals surface area contributed by atoms with Crippen LogP contribution in [0.3, 0.4) is 0 Å². The fraction of sp³-hybridized carbons (Fsp3) is 0.333. The summed E-state index contributed by atoms with van der Waals surface area (Å²) < 4.78 is 1.45. The highest BCUT2D eigenvalue weighted by Crippen LogP contribution is 2.17. The molecule has 0 unspecified atom stereocenters. The summed E-state index contributed by atoms with van der Waals surface area (Å²) in [5.74, 6) is 0.860. The van der Waals surface area contributed by atoms with Crippen LogP contribution in [0, 0.1) is 0 Å². The Balaban J connectivity index is 1.81. The molecule has 0 aliphatic rings. The van der Waals surface area contributed by atoms with E-state index in [-0.39, 0.29) is 0 Å². The molecule has 0 saturated heterocycles. The highest BCUT2D eigenvalue weighted by Gasteiger charge is 2.09. The largest absolute Gasteiger partial charge is 0.378 e. The van der Waals surface area contributed by atoms with Crippen molar-refractivity contribution < 1.29 is 0 Å². The number of anilines is 2. The number of hydrogen-bond donors (Lipinski definition) is 0. The number of fused-ring (bicyclic) bond motifs is 1. The van der Waals surface area contributed by atoms with Gasteiger partial charge in [0.05, 0.1) is 0 Å². The van der Waals surface area contributed by atoms with Crippen LogP contribution in [0.1, 0.15) is 12.5 Å². The van der Waals surface area contributed by atoms with E-state index in [0.717, 1.165) is 18.9 Å². The maximum Gasteiger partial charge on any atom is 0.200 e. The maximum atomic E-state index is 4.45. The van der Waals surface area contributed by atoms with Gasteiger partial charge < -0.3 is 9.80 Å². The van der Waals surface area contributed by atoms with Gasteiger partial charge in [0.25, 0.3) is 0 Å². The van der Waals surface area contributed by atoms with Gasteiger partial charge in [0.1, 0.15) is 0 Å². The molecule has 0 saturated carbocycles. The van der Waals surface area contributed by atoms with E-state index in [4.69, 9.17) is 0 Å². The zero-order valence-corrected chi connectivity index (χ0v) is 13.0. The molecule has 0 atom stereocenters. The van der Waals surface area contributed by atoms with E-state index in [9.17, 15) is 0 Å². The van der Waals surface area contributed by atoms with Crippen molar-refractivity contribution in [1.82, 2.24) is 25.3 Å². The van der Waals surface area contributed by atoms with Crippen LogP contribution < -0.4 is 9.80 Å². The lowest BCUT2D eigenvalue weighted by molar-refractivity contribution is 0.708. The van der Waals surface area contributed by atoms with Crippen LogP contribution in [-0.4, -0.2) is 45.9 Å². The van der Waals surface area contributed by atoms with Crippen LogP contribution in [0.5, 0.6) is 0 Å². The number of nitrogens with zero attached hydrogens (tertiary/aromatic N) is 7. The third-order valence-corrected chi connectivity index (χ3v) is 3.59. The smallest absolute Gasteiger partial charge is 0.200 e. The van der Waals surface area contributed by atoms with Gasteiger partial charge in [0.2, 0.25) is 0 Å². The molecule has 2 aromatic heterocycles. The van der Waals surface area contributed by atoms with Crippen LogP contribution in [0.2, 0.25) is 0 Å². The van der Waals surface area contributed by atoms with Crippen LogP contribution in [0.25, 0.3) is 5.65 Å². The standard InChI is InChI=1S/C15H19N7/c1-4-21(11-12-5-7-13(8-6-12)20(2)3)15-10-9-14-16-18-19-22(14)17-15/h5-10H,4,11H2,1-3H3. The molecule has 0 bridgehead atoms. The zero-order chi connectivity index (χ0) is 15.5. The van der Waals surface area contributed by atoms with Crippen LogP contribution in [-0.2, 0) is 6.54 Å². The van der Waals surface area contributed by atoms with Crippen molar-refractivity contribution in [1.29, 1.82) is 0 Å². The summed E-state index contributed by atoms with van der Waals surface area (Å²) in [5.41, 5.74) is 3.08. The van der Waals surface area contributed by atoms with Crippen molar-refractivity contribution in [2.75, 3.05) is 30.4 Å². The van der Waals surface area contributed by atoms with Gasteiger partial charge in [0.15, 0.2) is 11.5 Å². The molecule has 0 radical (unpaired) electrons. The van der Waals surface area contributed by atoms with Gasteiger partial charge in [-0.1, -0.05) is 12.1 Å². The number of aromatic nitrogens is 5. The Morgan fingerprint density at radius 1 is 1.05 bits per heavy atom. The van der Waals surface area contributed by atoms with E-state index in [2.05, 4.69) is 61.6 Å². The monoisotopic (exact) mass is 297 g/mol. The average Bonchev–Trinajstić information content (AvgIpc) is 3.00. The molecular weight excluding hydrogens is 278 g/mol. The molecule has 0 aliphatic heterocycles.